The Kier molecular flexibility index (Phi) is 6.70. The second kappa shape index (κ2) is 8.98. The average Bonchev–Trinajstić information content (AvgIpc) is 3.08. The number of benzene rings is 1. The lowest BCUT2D eigenvalue weighted by atomic mass is 10.0. The largest absolute Gasteiger partial charge is 0.502 e. The molecule has 0 unspecified atom stereocenters. The van der Waals surface area contributed by atoms with Gasteiger partial charge >= 0.3 is 5.97 Å². The molecule has 2 N–H and O–H groups in total. The highest BCUT2D eigenvalue weighted by molar-refractivity contribution is 6.07. The zero-order valence-electron chi connectivity index (χ0n) is 15.4. The molecule has 0 fully saturated rings. The van der Waals surface area contributed by atoms with E-state index < -0.39 is 29.2 Å². The monoisotopic (exact) mass is 389 g/mol. The number of carbonyl (C=O) groups is 3. The van der Waals surface area contributed by atoms with Crippen LogP contribution < -0.4 is 0 Å². The molecule has 0 saturated carbocycles. The molecule has 0 aliphatic heterocycles. The van der Waals surface area contributed by atoms with E-state index in [1.165, 1.54) is 35.2 Å². The molecule has 0 spiro atoms. The number of carboxylic acids is 1. The van der Waals surface area contributed by atoms with Crippen LogP contribution in [0.2, 0.25) is 0 Å². The van der Waals surface area contributed by atoms with Gasteiger partial charge in [0, 0.05) is 31.1 Å². The molecule has 0 radical (unpaired) electrons. The van der Waals surface area contributed by atoms with Crippen LogP contribution in [0.5, 0.6) is 0 Å². The predicted molar refractivity (Wildman–Crippen MR) is 97.8 cm³/mol. The third kappa shape index (κ3) is 4.85. The lowest BCUT2D eigenvalue weighted by Gasteiger charge is -2.16. The van der Waals surface area contributed by atoms with E-state index in [-0.39, 0.29) is 17.9 Å². The Morgan fingerprint density at radius 3 is 2.25 bits per heavy atom. The number of carboxylic acid groups (broad SMARTS) is 1. The number of halogens is 1. The van der Waals surface area contributed by atoms with E-state index in [4.69, 9.17) is 9.52 Å². The Labute approximate surface area is 160 Å². The van der Waals surface area contributed by atoms with Crippen LogP contribution in [0.1, 0.15) is 46.1 Å². The number of hydrogen-bond acceptors (Lipinski definition) is 5. The van der Waals surface area contributed by atoms with Crippen molar-refractivity contribution in [3.8, 4) is 0 Å². The fourth-order valence-electron chi connectivity index (χ4n) is 2.61. The second-order valence-electron chi connectivity index (χ2n) is 5.94. The SMILES string of the molecule is CCN(CC)C(=O)c1cc(Cc2ccc(F)cc2)c(C(=O)C=C(O)C(=O)O)o1. The number of nitrogens with zero attached hydrogens (tertiary/aromatic N) is 1. The first-order chi connectivity index (χ1) is 13.3. The maximum absolute atomic E-state index is 13.1. The summed E-state index contributed by atoms with van der Waals surface area (Å²) in [5, 5.41) is 18.1. The maximum Gasteiger partial charge on any atom is 0.371 e. The van der Waals surface area contributed by atoms with Gasteiger partial charge in [0.25, 0.3) is 5.91 Å². The Bertz CT molecular complexity index is 909. The summed E-state index contributed by atoms with van der Waals surface area (Å²) in [6.07, 6.45) is 0.666. The summed E-state index contributed by atoms with van der Waals surface area (Å²) in [4.78, 5) is 37.2. The number of aliphatic carboxylic acids is 1. The Balaban J connectivity index is 2.46. The van der Waals surface area contributed by atoms with Gasteiger partial charge in [0.2, 0.25) is 11.5 Å². The zero-order valence-corrected chi connectivity index (χ0v) is 15.4. The first-order valence-electron chi connectivity index (χ1n) is 8.61. The van der Waals surface area contributed by atoms with Crippen LogP contribution >= 0.6 is 0 Å². The number of hydrogen-bond donors (Lipinski definition) is 2. The average molecular weight is 389 g/mol. The maximum atomic E-state index is 13.1. The molecule has 1 aromatic carbocycles. The van der Waals surface area contributed by atoms with E-state index in [0.717, 1.165) is 0 Å². The number of aliphatic hydroxyl groups is 1. The normalized spacial score (nSPS) is 11.3. The summed E-state index contributed by atoms with van der Waals surface area (Å²) < 4.78 is 18.6. The summed E-state index contributed by atoms with van der Waals surface area (Å²) in [5.41, 5.74) is 0.978. The summed E-state index contributed by atoms with van der Waals surface area (Å²) in [6.45, 7) is 4.46. The first kappa shape index (κ1) is 20.9. The van der Waals surface area contributed by atoms with E-state index in [0.29, 0.717) is 30.3 Å². The second-order valence-corrected chi connectivity index (χ2v) is 5.94. The van der Waals surface area contributed by atoms with Gasteiger partial charge in [0.1, 0.15) is 5.82 Å². The Hall–Kier alpha value is -3.42. The van der Waals surface area contributed by atoms with Gasteiger partial charge in [-0.2, -0.15) is 0 Å². The van der Waals surface area contributed by atoms with Crippen molar-refractivity contribution >= 4 is 17.7 Å². The number of amides is 1. The van der Waals surface area contributed by atoms with Crippen molar-refractivity contribution in [2.45, 2.75) is 20.3 Å². The molecule has 148 valence electrons. The van der Waals surface area contributed by atoms with Crippen molar-refractivity contribution in [2.24, 2.45) is 0 Å². The van der Waals surface area contributed by atoms with Gasteiger partial charge in [0.15, 0.2) is 11.5 Å². The first-order valence-corrected chi connectivity index (χ1v) is 8.61. The van der Waals surface area contributed by atoms with Crippen LogP contribution in [-0.2, 0) is 11.2 Å². The van der Waals surface area contributed by atoms with Gasteiger partial charge in [-0.1, -0.05) is 12.1 Å². The minimum atomic E-state index is -1.67. The summed E-state index contributed by atoms with van der Waals surface area (Å²) >= 11 is 0. The fourth-order valence-corrected chi connectivity index (χ4v) is 2.61. The van der Waals surface area contributed by atoms with Gasteiger partial charge in [0.05, 0.1) is 0 Å². The number of ketones is 1. The van der Waals surface area contributed by atoms with Crippen LogP contribution in [0.3, 0.4) is 0 Å². The number of allylic oxidation sites excluding steroid dienone is 1. The third-order valence-electron chi connectivity index (χ3n) is 4.09. The molecule has 8 heteroatoms. The van der Waals surface area contributed by atoms with Crippen LogP contribution in [-0.4, -0.2) is 45.9 Å². The molecule has 0 bridgehead atoms. The molecule has 0 aliphatic carbocycles. The van der Waals surface area contributed by atoms with E-state index in [1.54, 1.807) is 13.8 Å². The Morgan fingerprint density at radius 2 is 1.71 bits per heavy atom. The molecule has 0 saturated heterocycles. The number of carbonyl (C=O) groups excluding carboxylic acids is 2. The van der Waals surface area contributed by atoms with Crippen molar-refractivity contribution < 1.29 is 33.4 Å². The molecule has 1 aromatic heterocycles. The highest BCUT2D eigenvalue weighted by Gasteiger charge is 2.24. The van der Waals surface area contributed by atoms with Crippen molar-refractivity contribution in [3.63, 3.8) is 0 Å². The number of rotatable bonds is 8. The van der Waals surface area contributed by atoms with Crippen molar-refractivity contribution in [3.05, 3.63) is 70.6 Å². The smallest absolute Gasteiger partial charge is 0.371 e. The Morgan fingerprint density at radius 1 is 1.11 bits per heavy atom. The molecule has 7 nitrogen and oxygen atoms in total. The molecular formula is C20H20FNO6. The van der Waals surface area contributed by atoms with Gasteiger partial charge in [-0.25, -0.2) is 9.18 Å². The standard InChI is InChI=1S/C20H20FNO6/c1-3-22(4-2)19(25)17-10-13(9-12-5-7-14(21)8-6-12)18(28-17)15(23)11-16(24)20(26)27/h5-8,10-11,24H,3-4,9H2,1-2H3,(H,26,27). The van der Waals surface area contributed by atoms with Crippen LogP contribution in [0.25, 0.3) is 0 Å². The zero-order chi connectivity index (χ0) is 20.8. The van der Waals surface area contributed by atoms with Crippen LogP contribution in [0.4, 0.5) is 4.39 Å². The van der Waals surface area contributed by atoms with Gasteiger partial charge in [-0.3, -0.25) is 9.59 Å². The summed E-state index contributed by atoms with van der Waals surface area (Å²) in [6, 6.07) is 6.97. The third-order valence-corrected chi connectivity index (χ3v) is 4.09. The topological polar surface area (TPSA) is 108 Å². The highest BCUT2D eigenvalue weighted by Crippen LogP contribution is 2.22. The molecule has 0 aliphatic rings. The minimum absolute atomic E-state index is 0.0765. The lowest BCUT2D eigenvalue weighted by Crippen LogP contribution is -2.30. The number of aliphatic hydroxyl groups excluding tert-OH is 1. The molecule has 28 heavy (non-hydrogen) atoms. The number of furan rings is 1. The predicted octanol–water partition coefficient (Wildman–Crippen LogP) is 3.20. The molecular weight excluding hydrogens is 369 g/mol. The van der Waals surface area contributed by atoms with E-state index in [9.17, 15) is 23.9 Å². The van der Waals surface area contributed by atoms with E-state index in [1.807, 2.05) is 0 Å². The molecule has 1 heterocycles. The summed E-state index contributed by atoms with van der Waals surface area (Å²) in [7, 11) is 0. The van der Waals surface area contributed by atoms with Gasteiger partial charge < -0.3 is 19.5 Å². The molecule has 2 rings (SSSR count). The molecule has 0 atom stereocenters. The molecule has 1 amide bonds. The summed E-state index contributed by atoms with van der Waals surface area (Å²) in [5.74, 6) is -4.88. The minimum Gasteiger partial charge on any atom is -0.502 e. The fraction of sp³-hybridized carbons (Fsp3) is 0.250. The van der Waals surface area contributed by atoms with Crippen LogP contribution in [0, 0.1) is 5.82 Å². The van der Waals surface area contributed by atoms with E-state index >= 15 is 0 Å². The highest BCUT2D eigenvalue weighted by atomic mass is 19.1. The van der Waals surface area contributed by atoms with Gasteiger partial charge in [-0.15, -0.1) is 0 Å². The van der Waals surface area contributed by atoms with Gasteiger partial charge in [-0.05, 0) is 37.6 Å². The van der Waals surface area contributed by atoms with Crippen molar-refractivity contribution in [1.29, 1.82) is 0 Å². The van der Waals surface area contributed by atoms with E-state index in [2.05, 4.69) is 0 Å². The van der Waals surface area contributed by atoms with Crippen LogP contribution in [0.15, 0.2) is 46.6 Å². The molecule has 2 aromatic rings. The quantitative estimate of drug-likeness (QED) is 0.408. The van der Waals surface area contributed by atoms with Crippen molar-refractivity contribution in [1.82, 2.24) is 4.90 Å². The van der Waals surface area contributed by atoms with Crippen molar-refractivity contribution in [2.75, 3.05) is 13.1 Å². The lowest BCUT2D eigenvalue weighted by molar-refractivity contribution is -0.135.